The summed E-state index contributed by atoms with van der Waals surface area (Å²) < 4.78 is 6.68. The number of ether oxygens (including phenoxy) is 1. The highest BCUT2D eigenvalue weighted by Crippen LogP contribution is 2.28. The lowest BCUT2D eigenvalue weighted by Gasteiger charge is -2.19. The van der Waals surface area contributed by atoms with E-state index in [0.29, 0.717) is 18.2 Å². The van der Waals surface area contributed by atoms with Crippen molar-refractivity contribution in [2.45, 2.75) is 46.3 Å². The average Bonchev–Trinajstić information content (AvgIpc) is 2.37. The fourth-order valence-electron chi connectivity index (χ4n) is 1.86. The zero-order valence-corrected chi connectivity index (χ0v) is 14.7. The third-order valence-corrected chi connectivity index (χ3v) is 3.65. The molecule has 0 saturated heterocycles. The van der Waals surface area contributed by atoms with Gasteiger partial charge in [0.1, 0.15) is 5.75 Å². The maximum atomic E-state index is 12.0. The number of nitrogens with two attached hydrogens (primary N) is 1. The first-order chi connectivity index (χ1) is 9.81. The molecular weight excluding hydrogens is 332 g/mol. The first-order valence-electron chi connectivity index (χ1n) is 7.30. The highest BCUT2D eigenvalue weighted by molar-refractivity contribution is 9.10. The van der Waals surface area contributed by atoms with E-state index in [1.807, 2.05) is 25.1 Å². The molecule has 0 aliphatic carbocycles. The molecule has 1 rings (SSSR count). The summed E-state index contributed by atoms with van der Waals surface area (Å²) in [5, 5.41) is 2.89. The number of hydrogen-bond acceptors (Lipinski definition) is 3. The van der Waals surface area contributed by atoms with E-state index >= 15 is 0 Å². The molecule has 1 aromatic carbocycles. The minimum atomic E-state index is -0.552. The van der Waals surface area contributed by atoms with Crippen LogP contribution >= 0.6 is 15.9 Å². The molecule has 0 aromatic heterocycles. The van der Waals surface area contributed by atoms with E-state index in [-0.39, 0.29) is 11.9 Å². The molecule has 1 amide bonds. The molecule has 1 unspecified atom stereocenters. The number of carbonyl (C=O) groups is 1. The number of nitrogens with one attached hydrogen (secondary N) is 1. The zero-order chi connectivity index (χ0) is 16.0. The first kappa shape index (κ1) is 18.0. The normalized spacial score (nSPS) is 13.9. The summed E-state index contributed by atoms with van der Waals surface area (Å²) in [5.74, 6) is 1.11. The van der Waals surface area contributed by atoms with E-state index in [4.69, 9.17) is 10.5 Å². The van der Waals surface area contributed by atoms with Crippen LogP contribution in [0.4, 0.5) is 0 Å². The highest BCUT2D eigenvalue weighted by atomic mass is 79.9. The molecule has 0 aliphatic rings. The van der Waals surface area contributed by atoms with Gasteiger partial charge in [-0.1, -0.05) is 35.8 Å². The van der Waals surface area contributed by atoms with E-state index in [1.165, 1.54) is 0 Å². The average molecular weight is 357 g/mol. The maximum absolute atomic E-state index is 12.0. The molecule has 21 heavy (non-hydrogen) atoms. The molecule has 0 fully saturated rings. The molecule has 3 N–H and O–H groups in total. The predicted octanol–water partition coefficient (Wildman–Crippen LogP) is 3.40. The van der Waals surface area contributed by atoms with Gasteiger partial charge in [-0.25, -0.2) is 0 Å². The Labute approximate surface area is 135 Å². The zero-order valence-electron chi connectivity index (χ0n) is 13.2. The van der Waals surface area contributed by atoms with E-state index in [2.05, 4.69) is 35.1 Å². The summed E-state index contributed by atoms with van der Waals surface area (Å²) in [6, 6.07) is 5.52. The van der Waals surface area contributed by atoms with Gasteiger partial charge in [-0.3, -0.25) is 4.79 Å². The summed E-state index contributed by atoms with van der Waals surface area (Å²) in [5.41, 5.74) is 6.82. The summed E-state index contributed by atoms with van der Waals surface area (Å²) in [6.45, 7) is 8.56. The fourth-order valence-corrected chi connectivity index (χ4v) is 2.20. The van der Waals surface area contributed by atoms with Crippen molar-refractivity contribution in [3.8, 4) is 5.75 Å². The Morgan fingerprint density at radius 1 is 1.33 bits per heavy atom. The van der Waals surface area contributed by atoms with Crippen LogP contribution in [-0.4, -0.2) is 18.6 Å². The van der Waals surface area contributed by atoms with Crippen LogP contribution in [0.1, 0.15) is 45.7 Å². The number of hydrogen-bond donors (Lipinski definition) is 2. The largest absolute Gasteiger partial charge is 0.481 e. The fraction of sp³-hybridized carbons (Fsp3) is 0.562. The quantitative estimate of drug-likeness (QED) is 0.786. The first-order valence-corrected chi connectivity index (χ1v) is 8.10. The van der Waals surface area contributed by atoms with Crippen molar-refractivity contribution in [3.63, 3.8) is 0 Å². The summed E-state index contributed by atoms with van der Waals surface area (Å²) >= 11 is 3.41. The monoisotopic (exact) mass is 356 g/mol. The Morgan fingerprint density at radius 3 is 2.57 bits per heavy atom. The van der Waals surface area contributed by atoms with Crippen LogP contribution in [0.5, 0.6) is 5.75 Å². The summed E-state index contributed by atoms with van der Waals surface area (Å²) in [6.07, 6.45) is 0.407. The van der Waals surface area contributed by atoms with Crippen molar-refractivity contribution in [2.24, 2.45) is 11.7 Å². The third kappa shape index (κ3) is 6.06. The summed E-state index contributed by atoms with van der Waals surface area (Å²) in [4.78, 5) is 12.0. The van der Waals surface area contributed by atoms with E-state index in [9.17, 15) is 4.79 Å². The number of rotatable bonds is 7. The minimum absolute atomic E-state index is 0.105. The van der Waals surface area contributed by atoms with Gasteiger partial charge < -0.3 is 15.8 Å². The molecule has 1 aromatic rings. The van der Waals surface area contributed by atoms with Crippen LogP contribution in [-0.2, 0) is 4.79 Å². The van der Waals surface area contributed by atoms with E-state index in [0.717, 1.165) is 16.5 Å². The standard InChI is InChI=1S/C16H25BrN2O2/c1-10(2)7-8-19-16(20)12(4)21-15-9-13(17)5-6-14(15)11(3)18/h5-6,9-12H,7-8,18H2,1-4H3,(H,19,20)/t11-,12?/m0/s1. The maximum Gasteiger partial charge on any atom is 0.260 e. The van der Waals surface area contributed by atoms with E-state index < -0.39 is 6.10 Å². The molecule has 0 heterocycles. The Kier molecular flexibility index (Phi) is 7.18. The lowest BCUT2D eigenvalue weighted by atomic mass is 10.1. The molecule has 4 nitrogen and oxygen atoms in total. The van der Waals surface area contributed by atoms with Gasteiger partial charge in [-0.05, 0) is 38.3 Å². The molecule has 0 radical (unpaired) electrons. The summed E-state index contributed by atoms with van der Waals surface area (Å²) in [7, 11) is 0. The van der Waals surface area contributed by atoms with Crippen LogP contribution < -0.4 is 15.8 Å². The van der Waals surface area contributed by atoms with Crippen molar-refractivity contribution >= 4 is 21.8 Å². The highest BCUT2D eigenvalue weighted by Gasteiger charge is 2.17. The van der Waals surface area contributed by atoms with Crippen LogP contribution in [0.15, 0.2) is 22.7 Å². The van der Waals surface area contributed by atoms with Gasteiger partial charge in [0.25, 0.3) is 5.91 Å². The molecule has 0 aliphatic heterocycles. The SMILES string of the molecule is CC(C)CCNC(=O)C(C)Oc1cc(Br)ccc1[C@H](C)N. The van der Waals surface area contributed by atoms with Gasteiger partial charge in [0.2, 0.25) is 0 Å². The third-order valence-electron chi connectivity index (χ3n) is 3.16. The van der Waals surface area contributed by atoms with Gasteiger partial charge in [0.15, 0.2) is 6.10 Å². The van der Waals surface area contributed by atoms with Crippen molar-refractivity contribution in [1.29, 1.82) is 0 Å². The van der Waals surface area contributed by atoms with Crippen LogP contribution in [0.3, 0.4) is 0 Å². The second-order valence-corrected chi connectivity index (χ2v) is 6.62. The van der Waals surface area contributed by atoms with Crippen molar-refractivity contribution < 1.29 is 9.53 Å². The Morgan fingerprint density at radius 2 is 2.00 bits per heavy atom. The van der Waals surface area contributed by atoms with Gasteiger partial charge >= 0.3 is 0 Å². The van der Waals surface area contributed by atoms with Crippen LogP contribution in [0.2, 0.25) is 0 Å². The second kappa shape index (κ2) is 8.39. The smallest absolute Gasteiger partial charge is 0.260 e. The second-order valence-electron chi connectivity index (χ2n) is 5.70. The molecule has 118 valence electrons. The molecule has 5 heteroatoms. The van der Waals surface area contributed by atoms with Gasteiger partial charge in [-0.15, -0.1) is 0 Å². The number of halogens is 1. The van der Waals surface area contributed by atoms with E-state index in [1.54, 1.807) is 6.92 Å². The van der Waals surface area contributed by atoms with Gasteiger partial charge in [0, 0.05) is 22.6 Å². The number of amides is 1. The predicted molar refractivity (Wildman–Crippen MR) is 89.3 cm³/mol. The lowest BCUT2D eigenvalue weighted by molar-refractivity contribution is -0.127. The van der Waals surface area contributed by atoms with Crippen molar-refractivity contribution in [2.75, 3.05) is 6.54 Å². The molecular formula is C16H25BrN2O2. The number of benzene rings is 1. The van der Waals surface area contributed by atoms with Gasteiger partial charge in [-0.2, -0.15) is 0 Å². The van der Waals surface area contributed by atoms with Gasteiger partial charge in [0.05, 0.1) is 0 Å². The minimum Gasteiger partial charge on any atom is -0.481 e. The Balaban J connectivity index is 2.67. The van der Waals surface area contributed by atoms with Crippen LogP contribution in [0.25, 0.3) is 0 Å². The van der Waals surface area contributed by atoms with Crippen LogP contribution in [0, 0.1) is 5.92 Å². The number of carbonyl (C=O) groups excluding carboxylic acids is 1. The molecule has 0 spiro atoms. The Bertz CT molecular complexity index is 475. The Hall–Kier alpha value is -1.07. The molecule has 0 saturated carbocycles. The van der Waals surface area contributed by atoms with Crippen molar-refractivity contribution in [3.05, 3.63) is 28.2 Å². The lowest BCUT2D eigenvalue weighted by Crippen LogP contribution is -2.37. The molecule has 0 bridgehead atoms. The molecule has 2 atom stereocenters. The van der Waals surface area contributed by atoms with Crippen molar-refractivity contribution in [1.82, 2.24) is 5.32 Å². The topological polar surface area (TPSA) is 64.3 Å².